The summed E-state index contributed by atoms with van der Waals surface area (Å²) in [5, 5.41) is 3.02. The Balaban J connectivity index is 1.98. The van der Waals surface area contributed by atoms with Gasteiger partial charge in [0.25, 0.3) is 0 Å². The number of benzene rings is 1. The third-order valence-electron chi connectivity index (χ3n) is 3.85. The Kier molecular flexibility index (Phi) is 4.28. The van der Waals surface area contributed by atoms with Crippen LogP contribution < -0.4 is 5.32 Å². The highest BCUT2D eigenvalue weighted by Crippen LogP contribution is 2.38. The number of carbonyl (C=O) groups excluding carboxylic acids is 1. The van der Waals surface area contributed by atoms with Gasteiger partial charge < -0.3 is 5.32 Å². The first-order valence-corrected chi connectivity index (χ1v) is 7.14. The fourth-order valence-corrected chi connectivity index (χ4v) is 2.75. The van der Waals surface area contributed by atoms with Gasteiger partial charge in [0.05, 0.1) is 0 Å². The van der Waals surface area contributed by atoms with E-state index in [-0.39, 0.29) is 11.3 Å². The molecule has 1 saturated carbocycles. The average Bonchev–Trinajstić information content (AvgIpc) is 2.80. The maximum Gasteiger partial charge on any atom is 0.230 e. The molecule has 0 aliphatic heterocycles. The second-order valence-electron chi connectivity index (χ2n) is 5.36. The highest BCUT2D eigenvalue weighted by Gasteiger charge is 2.36. The van der Waals surface area contributed by atoms with Crippen molar-refractivity contribution in [2.75, 3.05) is 11.2 Å². The maximum atomic E-state index is 12.2. The monoisotopic (exact) mass is 265 g/mol. The van der Waals surface area contributed by atoms with Gasteiger partial charge in [-0.2, -0.15) is 0 Å². The standard InChI is InChI=1S/C15H20ClNO/c1-15(9-2-3-10-15)14(18)17-13-6-4-12(5-7-13)8-11-16/h4-7H,2-3,8-11H2,1H3,(H,17,18). The van der Waals surface area contributed by atoms with Crippen molar-refractivity contribution in [3.63, 3.8) is 0 Å². The van der Waals surface area contributed by atoms with Gasteiger partial charge >= 0.3 is 0 Å². The molecule has 0 saturated heterocycles. The number of hydrogen-bond acceptors (Lipinski definition) is 1. The Morgan fingerprint density at radius 2 is 1.89 bits per heavy atom. The summed E-state index contributed by atoms with van der Waals surface area (Å²) in [5.74, 6) is 0.786. The molecular formula is C15H20ClNO. The summed E-state index contributed by atoms with van der Waals surface area (Å²) in [6.45, 7) is 2.07. The molecule has 3 heteroatoms. The lowest BCUT2D eigenvalue weighted by molar-refractivity contribution is -0.124. The summed E-state index contributed by atoms with van der Waals surface area (Å²) in [7, 11) is 0. The number of halogens is 1. The van der Waals surface area contributed by atoms with Crippen LogP contribution in [0.15, 0.2) is 24.3 Å². The number of rotatable bonds is 4. The molecule has 98 valence electrons. The van der Waals surface area contributed by atoms with Crippen molar-refractivity contribution >= 4 is 23.2 Å². The number of carbonyl (C=O) groups is 1. The van der Waals surface area contributed by atoms with Crippen LogP contribution >= 0.6 is 11.6 Å². The molecular weight excluding hydrogens is 246 g/mol. The van der Waals surface area contributed by atoms with Crippen LogP contribution in [0.3, 0.4) is 0 Å². The van der Waals surface area contributed by atoms with E-state index in [4.69, 9.17) is 11.6 Å². The lowest BCUT2D eigenvalue weighted by atomic mass is 9.88. The van der Waals surface area contributed by atoms with Crippen molar-refractivity contribution in [2.45, 2.75) is 39.0 Å². The van der Waals surface area contributed by atoms with Crippen LogP contribution in [-0.4, -0.2) is 11.8 Å². The van der Waals surface area contributed by atoms with Crippen LogP contribution in [0.25, 0.3) is 0 Å². The molecule has 1 aromatic rings. The molecule has 0 aromatic heterocycles. The third-order valence-corrected chi connectivity index (χ3v) is 4.04. The number of aryl methyl sites for hydroxylation is 1. The average molecular weight is 266 g/mol. The van der Waals surface area contributed by atoms with Gasteiger partial charge in [-0.3, -0.25) is 4.79 Å². The van der Waals surface area contributed by atoms with Crippen molar-refractivity contribution < 1.29 is 4.79 Å². The number of amides is 1. The molecule has 1 N–H and O–H groups in total. The molecule has 0 bridgehead atoms. The van der Waals surface area contributed by atoms with Gasteiger partial charge in [0, 0.05) is 17.0 Å². The molecule has 1 amide bonds. The summed E-state index contributed by atoms with van der Waals surface area (Å²) < 4.78 is 0. The molecule has 2 nitrogen and oxygen atoms in total. The summed E-state index contributed by atoms with van der Waals surface area (Å²) in [5.41, 5.74) is 1.91. The molecule has 0 atom stereocenters. The van der Waals surface area contributed by atoms with Gasteiger partial charge in [0.15, 0.2) is 0 Å². The van der Waals surface area contributed by atoms with E-state index in [0.29, 0.717) is 5.88 Å². The Bertz CT molecular complexity index is 407. The lowest BCUT2D eigenvalue weighted by Crippen LogP contribution is -2.30. The van der Waals surface area contributed by atoms with Crippen LogP contribution in [0.4, 0.5) is 5.69 Å². The van der Waals surface area contributed by atoms with Crippen molar-refractivity contribution in [3.8, 4) is 0 Å². The van der Waals surface area contributed by atoms with Crippen LogP contribution in [0.1, 0.15) is 38.2 Å². The fourth-order valence-electron chi connectivity index (χ4n) is 2.53. The molecule has 0 heterocycles. The van der Waals surface area contributed by atoms with E-state index < -0.39 is 0 Å². The highest BCUT2D eigenvalue weighted by molar-refractivity contribution is 6.18. The maximum absolute atomic E-state index is 12.2. The van der Waals surface area contributed by atoms with Crippen molar-refractivity contribution in [3.05, 3.63) is 29.8 Å². The van der Waals surface area contributed by atoms with Crippen LogP contribution in [0, 0.1) is 5.41 Å². The number of nitrogens with one attached hydrogen (secondary N) is 1. The summed E-state index contributed by atoms with van der Waals surface area (Å²) in [6.07, 6.45) is 5.21. The summed E-state index contributed by atoms with van der Waals surface area (Å²) in [4.78, 5) is 12.2. The Hall–Kier alpha value is -1.02. The quantitative estimate of drug-likeness (QED) is 0.820. The molecule has 1 aliphatic carbocycles. The van der Waals surface area contributed by atoms with Crippen LogP contribution in [0.5, 0.6) is 0 Å². The molecule has 0 radical (unpaired) electrons. The zero-order valence-corrected chi connectivity index (χ0v) is 11.6. The SMILES string of the molecule is CC1(C(=O)Nc2ccc(CCCl)cc2)CCCC1. The van der Waals surface area contributed by atoms with E-state index in [9.17, 15) is 4.79 Å². The summed E-state index contributed by atoms with van der Waals surface area (Å²) >= 11 is 5.69. The molecule has 0 unspecified atom stereocenters. The van der Waals surface area contributed by atoms with E-state index in [2.05, 4.69) is 12.2 Å². The van der Waals surface area contributed by atoms with Crippen LogP contribution in [0.2, 0.25) is 0 Å². The second-order valence-corrected chi connectivity index (χ2v) is 5.74. The normalized spacial score (nSPS) is 17.7. The van der Waals surface area contributed by atoms with E-state index in [1.165, 1.54) is 18.4 Å². The van der Waals surface area contributed by atoms with Crippen molar-refractivity contribution in [1.82, 2.24) is 0 Å². The summed E-state index contributed by atoms with van der Waals surface area (Å²) in [6, 6.07) is 7.96. The molecule has 1 fully saturated rings. The fraction of sp³-hybridized carbons (Fsp3) is 0.533. The topological polar surface area (TPSA) is 29.1 Å². The number of anilines is 1. The second kappa shape index (κ2) is 5.75. The van der Waals surface area contributed by atoms with E-state index >= 15 is 0 Å². The minimum atomic E-state index is -0.172. The zero-order valence-electron chi connectivity index (χ0n) is 10.8. The highest BCUT2D eigenvalue weighted by atomic mass is 35.5. The molecule has 2 rings (SSSR count). The molecule has 1 aromatic carbocycles. The largest absolute Gasteiger partial charge is 0.326 e. The first-order valence-electron chi connectivity index (χ1n) is 6.60. The number of hydrogen-bond donors (Lipinski definition) is 1. The van der Waals surface area contributed by atoms with Crippen LogP contribution in [-0.2, 0) is 11.2 Å². The van der Waals surface area contributed by atoms with Gasteiger partial charge in [0.2, 0.25) is 5.91 Å². The smallest absolute Gasteiger partial charge is 0.230 e. The Labute approximate surface area is 114 Å². The first-order chi connectivity index (χ1) is 8.64. The van der Waals surface area contributed by atoms with Gasteiger partial charge in [-0.25, -0.2) is 0 Å². The van der Waals surface area contributed by atoms with E-state index in [1.54, 1.807) is 0 Å². The van der Waals surface area contributed by atoms with Gasteiger partial charge in [-0.1, -0.05) is 31.9 Å². The zero-order chi connectivity index (χ0) is 13.0. The first kappa shape index (κ1) is 13.4. The third kappa shape index (κ3) is 3.05. The van der Waals surface area contributed by atoms with Gasteiger partial charge in [-0.05, 0) is 37.0 Å². The number of alkyl halides is 1. The van der Waals surface area contributed by atoms with Gasteiger partial charge in [-0.15, -0.1) is 11.6 Å². The molecule has 18 heavy (non-hydrogen) atoms. The molecule has 0 spiro atoms. The predicted molar refractivity (Wildman–Crippen MR) is 76.1 cm³/mol. The van der Waals surface area contributed by atoms with Crippen molar-refractivity contribution in [1.29, 1.82) is 0 Å². The van der Waals surface area contributed by atoms with Crippen molar-refractivity contribution in [2.24, 2.45) is 5.41 Å². The lowest BCUT2D eigenvalue weighted by Gasteiger charge is -2.22. The van der Waals surface area contributed by atoms with E-state index in [0.717, 1.165) is 24.9 Å². The van der Waals surface area contributed by atoms with E-state index in [1.807, 2.05) is 24.3 Å². The molecule has 1 aliphatic rings. The Morgan fingerprint density at radius 1 is 1.28 bits per heavy atom. The minimum Gasteiger partial charge on any atom is -0.326 e. The predicted octanol–water partition coefficient (Wildman–Crippen LogP) is 3.99. The minimum absolute atomic E-state index is 0.157. The van der Waals surface area contributed by atoms with Gasteiger partial charge in [0.1, 0.15) is 0 Å². The Morgan fingerprint density at radius 3 is 2.44 bits per heavy atom.